The summed E-state index contributed by atoms with van der Waals surface area (Å²) in [6.45, 7) is 0.464. The summed E-state index contributed by atoms with van der Waals surface area (Å²) >= 11 is 0. The third-order valence-electron chi connectivity index (χ3n) is 4.93. The molecule has 0 aliphatic heterocycles. The molecule has 0 aromatic heterocycles. The van der Waals surface area contributed by atoms with Gasteiger partial charge in [-0.05, 0) is 70.4 Å². The number of rotatable bonds is 7. The van der Waals surface area contributed by atoms with Gasteiger partial charge >= 0.3 is 5.97 Å². The molecule has 4 aromatic rings. The van der Waals surface area contributed by atoms with Gasteiger partial charge in [-0.3, -0.25) is 4.79 Å². The number of aromatic carboxylic acids is 1. The van der Waals surface area contributed by atoms with Crippen LogP contribution in [0.2, 0.25) is 0 Å². The Morgan fingerprint density at radius 2 is 1.53 bits per heavy atom. The second kappa shape index (κ2) is 9.57. The molecule has 0 fully saturated rings. The van der Waals surface area contributed by atoms with Gasteiger partial charge in [-0.25, -0.2) is 10.2 Å². The second-order valence-electron chi connectivity index (χ2n) is 7.08. The van der Waals surface area contributed by atoms with Crippen molar-refractivity contribution in [2.75, 3.05) is 0 Å². The van der Waals surface area contributed by atoms with Crippen LogP contribution < -0.4 is 10.2 Å². The molecule has 6 nitrogen and oxygen atoms in total. The van der Waals surface area contributed by atoms with Gasteiger partial charge in [-0.15, -0.1) is 0 Å². The maximum absolute atomic E-state index is 12.1. The van der Waals surface area contributed by atoms with Gasteiger partial charge < -0.3 is 9.84 Å². The van der Waals surface area contributed by atoms with Crippen LogP contribution in [0.15, 0.2) is 96.1 Å². The number of carboxylic acids is 1. The second-order valence-corrected chi connectivity index (χ2v) is 7.08. The van der Waals surface area contributed by atoms with Crippen LogP contribution in [0.1, 0.15) is 31.8 Å². The van der Waals surface area contributed by atoms with E-state index in [1.54, 1.807) is 0 Å². The molecule has 0 unspecified atom stereocenters. The van der Waals surface area contributed by atoms with Crippen molar-refractivity contribution < 1.29 is 19.4 Å². The van der Waals surface area contributed by atoms with Crippen molar-refractivity contribution in [2.45, 2.75) is 6.61 Å². The standard InChI is InChI=1S/C26H20N2O4/c29-25(20-10-12-21(13-11-20)26(30)31)28-27-16-18-8-14-23(15-9-18)32-17-22-6-3-5-19-4-1-2-7-24(19)22/h1-16H,17H2,(H,28,29)(H,30,31)/b27-16+. The van der Waals surface area contributed by atoms with Crippen LogP contribution >= 0.6 is 0 Å². The van der Waals surface area contributed by atoms with Crippen LogP contribution in [-0.2, 0) is 6.61 Å². The fourth-order valence-electron chi connectivity index (χ4n) is 3.22. The lowest BCUT2D eigenvalue weighted by atomic mass is 10.1. The lowest BCUT2D eigenvalue weighted by Gasteiger charge is -2.09. The maximum Gasteiger partial charge on any atom is 0.335 e. The fourth-order valence-corrected chi connectivity index (χ4v) is 3.22. The van der Waals surface area contributed by atoms with Gasteiger partial charge in [0.05, 0.1) is 11.8 Å². The van der Waals surface area contributed by atoms with Crippen LogP contribution in [-0.4, -0.2) is 23.2 Å². The molecular formula is C26H20N2O4. The van der Waals surface area contributed by atoms with Crippen molar-refractivity contribution >= 4 is 28.9 Å². The average Bonchev–Trinajstić information content (AvgIpc) is 2.83. The predicted molar refractivity (Wildman–Crippen MR) is 123 cm³/mol. The molecule has 0 aliphatic rings. The number of hydrogen-bond donors (Lipinski definition) is 2. The molecule has 0 saturated carbocycles. The molecule has 0 spiro atoms. The monoisotopic (exact) mass is 424 g/mol. The first-order valence-electron chi connectivity index (χ1n) is 9.96. The quantitative estimate of drug-likeness (QED) is 0.327. The van der Waals surface area contributed by atoms with Gasteiger partial charge in [0.1, 0.15) is 12.4 Å². The Balaban J connectivity index is 1.32. The highest BCUT2D eigenvalue weighted by Gasteiger charge is 2.07. The smallest absolute Gasteiger partial charge is 0.335 e. The topological polar surface area (TPSA) is 88.0 Å². The molecular weight excluding hydrogens is 404 g/mol. The highest BCUT2D eigenvalue weighted by atomic mass is 16.5. The molecule has 4 aromatic carbocycles. The molecule has 0 saturated heterocycles. The number of benzene rings is 4. The zero-order valence-corrected chi connectivity index (χ0v) is 17.1. The van der Waals surface area contributed by atoms with Crippen LogP contribution in [0.3, 0.4) is 0 Å². The molecule has 0 radical (unpaired) electrons. The number of hydrazone groups is 1. The normalized spacial score (nSPS) is 10.9. The van der Waals surface area contributed by atoms with E-state index in [1.165, 1.54) is 41.3 Å². The minimum atomic E-state index is -1.04. The molecule has 32 heavy (non-hydrogen) atoms. The minimum Gasteiger partial charge on any atom is -0.489 e. The van der Waals surface area contributed by atoms with Crippen molar-refractivity contribution in [3.63, 3.8) is 0 Å². The van der Waals surface area contributed by atoms with Gasteiger partial charge in [0.15, 0.2) is 0 Å². The third kappa shape index (κ3) is 4.99. The van der Waals surface area contributed by atoms with Gasteiger partial charge in [-0.2, -0.15) is 5.10 Å². The zero-order chi connectivity index (χ0) is 22.3. The minimum absolute atomic E-state index is 0.118. The molecule has 1 amide bonds. The maximum atomic E-state index is 12.1. The Bertz CT molecular complexity index is 1270. The van der Waals surface area contributed by atoms with E-state index in [-0.39, 0.29) is 5.56 Å². The number of nitrogens with one attached hydrogen (secondary N) is 1. The van der Waals surface area contributed by atoms with Crippen molar-refractivity contribution in [3.05, 3.63) is 113 Å². The van der Waals surface area contributed by atoms with Gasteiger partial charge in [0.2, 0.25) is 0 Å². The molecule has 158 valence electrons. The summed E-state index contributed by atoms with van der Waals surface area (Å²) in [6, 6.07) is 27.4. The fraction of sp³-hybridized carbons (Fsp3) is 0.0385. The number of fused-ring (bicyclic) bond motifs is 1. The molecule has 0 heterocycles. The Kier molecular flexibility index (Phi) is 6.22. The molecule has 4 rings (SSSR count). The Morgan fingerprint density at radius 1 is 0.844 bits per heavy atom. The van der Waals surface area contributed by atoms with E-state index < -0.39 is 11.9 Å². The first-order chi connectivity index (χ1) is 15.6. The van der Waals surface area contributed by atoms with E-state index in [0.29, 0.717) is 12.2 Å². The van der Waals surface area contributed by atoms with E-state index in [2.05, 4.69) is 34.8 Å². The van der Waals surface area contributed by atoms with Gasteiger partial charge in [0.25, 0.3) is 5.91 Å². The third-order valence-corrected chi connectivity index (χ3v) is 4.93. The number of carbonyl (C=O) groups is 2. The first-order valence-corrected chi connectivity index (χ1v) is 9.96. The van der Waals surface area contributed by atoms with Crippen molar-refractivity contribution in [1.29, 1.82) is 0 Å². The summed E-state index contributed by atoms with van der Waals surface area (Å²) < 4.78 is 5.93. The molecule has 0 aliphatic carbocycles. The summed E-state index contributed by atoms with van der Waals surface area (Å²) in [4.78, 5) is 23.0. The highest BCUT2D eigenvalue weighted by molar-refractivity contribution is 5.96. The van der Waals surface area contributed by atoms with Crippen molar-refractivity contribution in [1.82, 2.24) is 5.43 Å². The number of carbonyl (C=O) groups excluding carboxylic acids is 1. The Hall–Kier alpha value is -4.45. The summed E-state index contributed by atoms with van der Waals surface area (Å²) in [5.74, 6) is -0.731. The van der Waals surface area contributed by atoms with E-state index in [4.69, 9.17) is 9.84 Å². The Labute approximate surface area is 184 Å². The number of amides is 1. The molecule has 0 bridgehead atoms. The predicted octanol–water partition coefficient (Wildman–Crippen LogP) is 4.88. The number of hydrogen-bond acceptors (Lipinski definition) is 4. The Morgan fingerprint density at radius 3 is 2.28 bits per heavy atom. The molecule has 2 N–H and O–H groups in total. The van der Waals surface area contributed by atoms with E-state index in [1.807, 2.05) is 42.5 Å². The summed E-state index contributed by atoms with van der Waals surface area (Å²) in [5.41, 5.74) is 4.78. The average molecular weight is 424 g/mol. The largest absolute Gasteiger partial charge is 0.489 e. The van der Waals surface area contributed by atoms with Crippen molar-refractivity contribution in [3.8, 4) is 5.75 Å². The number of carboxylic acid groups (broad SMARTS) is 1. The van der Waals surface area contributed by atoms with E-state index in [0.717, 1.165) is 16.9 Å². The first kappa shape index (κ1) is 20.8. The summed E-state index contributed by atoms with van der Waals surface area (Å²) in [7, 11) is 0. The summed E-state index contributed by atoms with van der Waals surface area (Å²) in [5, 5.41) is 15.2. The molecule has 6 heteroatoms. The van der Waals surface area contributed by atoms with Crippen LogP contribution in [0.25, 0.3) is 10.8 Å². The number of nitrogens with zero attached hydrogens (tertiary/aromatic N) is 1. The zero-order valence-electron chi connectivity index (χ0n) is 17.1. The van der Waals surface area contributed by atoms with Crippen LogP contribution in [0, 0.1) is 0 Å². The van der Waals surface area contributed by atoms with Crippen LogP contribution in [0.4, 0.5) is 0 Å². The van der Waals surface area contributed by atoms with Crippen LogP contribution in [0.5, 0.6) is 5.75 Å². The van der Waals surface area contributed by atoms with Gasteiger partial charge in [0, 0.05) is 5.56 Å². The lowest BCUT2D eigenvalue weighted by Crippen LogP contribution is -2.17. The lowest BCUT2D eigenvalue weighted by molar-refractivity contribution is 0.0696. The highest BCUT2D eigenvalue weighted by Crippen LogP contribution is 2.21. The van der Waals surface area contributed by atoms with Crippen molar-refractivity contribution in [2.24, 2.45) is 5.10 Å². The molecule has 0 atom stereocenters. The van der Waals surface area contributed by atoms with E-state index in [9.17, 15) is 9.59 Å². The van der Waals surface area contributed by atoms with E-state index >= 15 is 0 Å². The number of ether oxygens (including phenoxy) is 1. The SMILES string of the molecule is O=C(O)c1ccc(C(=O)N/N=C/c2ccc(OCc3cccc4ccccc34)cc2)cc1. The summed E-state index contributed by atoms with van der Waals surface area (Å²) in [6.07, 6.45) is 1.53. The van der Waals surface area contributed by atoms with Gasteiger partial charge in [-0.1, -0.05) is 42.5 Å².